The Morgan fingerprint density at radius 2 is 1.74 bits per heavy atom. The molecular formula is C23H26ClNO2. The molecule has 2 aromatic rings. The van der Waals surface area contributed by atoms with Crippen LogP contribution in [0.25, 0.3) is 6.08 Å². The second-order valence-electron chi connectivity index (χ2n) is 7.29. The molecule has 3 aliphatic heterocycles. The lowest BCUT2D eigenvalue weighted by atomic mass is 9.86. The Morgan fingerprint density at radius 3 is 2.37 bits per heavy atom. The molecule has 0 radical (unpaired) electrons. The molecule has 0 amide bonds. The van der Waals surface area contributed by atoms with Gasteiger partial charge < -0.3 is 9.64 Å². The Hall–Kier alpha value is -1.94. The lowest BCUT2D eigenvalue weighted by molar-refractivity contribution is -0.0765. The maximum atomic E-state index is 12.3. The van der Waals surface area contributed by atoms with Crippen molar-refractivity contribution in [2.75, 3.05) is 19.6 Å². The molecule has 27 heavy (non-hydrogen) atoms. The molecule has 3 saturated heterocycles. The number of carbonyl (C=O) groups excluding carboxylic acids is 1. The summed E-state index contributed by atoms with van der Waals surface area (Å²) >= 11 is 0. The van der Waals surface area contributed by atoms with Gasteiger partial charge in [-0.15, -0.1) is 12.4 Å². The monoisotopic (exact) mass is 383 g/mol. The molecule has 0 aromatic heterocycles. The highest BCUT2D eigenvalue weighted by Crippen LogP contribution is 2.30. The molecule has 2 bridgehead atoms. The number of piperidine rings is 3. The highest BCUT2D eigenvalue weighted by Gasteiger charge is 2.34. The molecule has 2 aromatic carbocycles. The molecule has 1 unspecified atom stereocenters. The first-order valence-electron chi connectivity index (χ1n) is 9.48. The van der Waals surface area contributed by atoms with Crippen LogP contribution in [-0.2, 0) is 11.3 Å². The van der Waals surface area contributed by atoms with Crippen LogP contribution in [0.5, 0.6) is 0 Å². The molecule has 3 fully saturated rings. The van der Waals surface area contributed by atoms with Crippen LogP contribution in [0.2, 0.25) is 0 Å². The summed E-state index contributed by atoms with van der Waals surface area (Å²) in [5, 5.41) is 0. The minimum absolute atomic E-state index is 0. The number of rotatable bonds is 6. The Balaban J connectivity index is 0.00000210. The van der Waals surface area contributed by atoms with Crippen LogP contribution in [0.15, 0.2) is 60.7 Å². The van der Waals surface area contributed by atoms with Gasteiger partial charge in [-0.2, -0.15) is 0 Å². The molecule has 0 spiro atoms. The van der Waals surface area contributed by atoms with Gasteiger partial charge in [0.25, 0.3) is 0 Å². The summed E-state index contributed by atoms with van der Waals surface area (Å²) in [5.74, 6) is 0.752. The summed E-state index contributed by atoms with van der Waals surface area (Å²) in [7, 11) is 0. The van der Waals surface area contributed by atoms with Crippen molar-refractivity contribution in [3.63, 3.8) is 0 Å². The highest BCUT2D eigenvalue weighted by molar-refractivity contribution is 6.06. The van der Waals surface area contributed by atoms with Crippen LogP contribution in [0.4, 0.5) is 0 Å². The maximum absolute atomic E-state index is 12.3. The van der Waals surface area contributed by atoms with Crippen molar-refractivity contribution < 1.29 is 9.53 Å². The van der Waals surface area contributed by atoms with Gasteiger partial charge in [0.1, 0.15) is 0 Å². The standard InChI is InChI=1S/C23H25NO2.ClH/c25-22(11-8-18-4-2-1-3-5-18)20-9-6-19(7-10-20)17-26-23-16-24-14-12-21(23)13-15-24;/h1-11,21,23H,12-17H2;1H. The van der Waals surface area contributed by atoms with Gasteiger partial charge in [0.2, 0.25) is 0 Å². The first kappa shape index (κ1) is 19.8. The molecule has 3 nitrogen and oxygen atoms in total. The first-order valence-corrected chi connectivity index (χ1v) is 9.48. The van der Waals surface area contributed by atoms with E-state index in [-0.39, 0.29) is 18.2 Å². The number of benzene rings is 2. The van der Waals surface area contributed by atoms with Crippen LogP contribution in [-0.4, -0.2) is 36.4 Å². The van der Waals surface area contributed by atoms with Crippen LogP contribution in [0.3, 0.4) is 0 Å². The summed E-state index contributed by atoms with van der Waals surface area (Å²) in [5.41, 5.74) is 2.87. The molecule has 3 heterocycles. The third-order valence-electron chi connectivity index (χ3n) is 5.53. The van der Waals surface area contributed by atoms with Gasteiger partial charge in [0.15, 0.2) is 5.78 Å². The average Bonchev–Trinajstić information content (AvgIpc) is 2.72. The number of ketones is 1. The van der Waals surface area contributed by atoms with E-state index in [0.717, 1.165) is 23.6 Å². The van der Waals surface area contributed by atoms with Crippen LogP contribution < -0.4 is 0 Å². The topological polar surface area (TPSA) is 29.5 Å². The largest absolute Gasteiger partial charge is 0.372 e. The summed E-state index contributed by atoms with van der Waals surface area (Å²) in [6.07, 6.45) is 6.39. The van der Waals surface area contributed by atoms with Crippen molar-refractivity contribution in [3.8, 4) is 0 Å². The molecule has 4 heteroatoms. The highest BCUT2D eigenvalue weighted by atomic mass is 35.5. The number of hydrogen-bond donors (Lipinski definition) is 0. The van der Waals surface area contributed by atoms with E-state index in [4.69, 9.17) is 4.74 Å². The van der Waals surface area contributed by atoms with Gasteiger partial charge in [-0.1, -0.05) is 60.7 Å². The third-order valence-corrected chi connectivity index (χ3v) is 5.53. The summed E-state index contributed by atoms with van der Waals surface area (Å²) in [6, 6.07) is 17.7. The normalized spacial score (nSPS) is 23.9. The quantitative estimate of drug-likeness (QED) is 0.538. The predicted octanol–water partition coefficient (Wildman–Crippen LogP) is 4.62. The Bertz CT molecular complexity index is 765. The second-order valence-corrected chi connectivity index (χ2v) is 7.29. The minimum atomic E-state index is 0. The van der Waals surface area contributed by atoms with Crippen molar-refractivity contribution in [1.82, 2.24) is 4.90 Å². The van der Waals surface area contributed by atoms with Gasteiger partial charge in [-0.25, -0.2) is 0 Å². The number of allylic oxidation sites excluding steroid dienone is 1. The van der Waals surface area contributed by atoms with Crippen LogP contribution >= 0.6 is 12.4 Å². The van der Waals surface area contributed by atoms with E-state index >= 15 is 0 Å². The smallest absolute Gasteiger partial charge is 0.185 e. The lowest BCUT2D eigenvalue weighted by Crippen LogP contribution is -2.51. The Morgan fingerprint density at radius 1 is 1.04 bits per heavy atom. The second kappa shape index (κ2) is 9.32. The molecule has 3 aliphatic rings. The maximum Gasteiger partial charge on any atom is 0.185 e. The van der Waals surface area contributed by atoms with Crippen molar-refractivity contribution in [2.45, 2.75) is 25.6 Å². The molecule has 0 N–H and O–H groups in total. The third kappa shape index (κ3) is 5.07. The molecule has 1 atom stereocenters. The number of hydrogen-bond acceptors (Lipinski definition) is 3. The molecular weight excluding hydrogens is 358 g/mol. The first-order chi connectivity index (χ1) is 12.8. The zero-order valence-electron chi connectivity index (χ0n) is 15.4. The molecule has 0 saturated carbocycles. The number of halogens is 1. The zero-order chi connectivity index (χ0) is 17.8. The SMILES string of the molecule is Cl.O=C(C=Cc1ccccc1)c1ccc(COC2CN3CCC2CC3)cc1. The summed E-state index contributed by atoms with van der Waals surface area (Å²) < 4.78 is 6.17. The van der Waals surface area contributed by atoms with E-state index in [1.165, 1.54) is 25.9 Å². The number of nitrogens with zero attached hydrogens (tertiary/aromatic N) is 1. The minimum Gasteiger partial charge on any atom is -0.372 e. The van der Waals surface area contributed by atoms with Crippen molar-refractivity contribution >= 4 is 24.3 Å². The molecule has 0 aliphatic carbocycles. The fraction of sp³-hybridized carbons (Fsp3) is 0.348. The summed E-state index contributed by atoms with van der Waals surface area (Å²) in [6.45, 7) is 4.17. The van der Waals surface area contributed by atoms with Gasteiger partial charge in [0.05, 0.1) is 12.7 Å². The molecule has 5 rings (SSSR count). The van der Waals surface area contributed by atoms with Gasteiger partial charge in [-0.3, -0.25) is 4.79 Å². The zero-order valence-corrected chi connectivity index (χ0v) is 16.2. The van der Waals surface area contributed by atoms with E-state index in [0.29, 0.717) is 18.3 Å². The van der Waals surface area contributed by atoms with Crippen molar-refractivity contribution in [2.24, 2.45) is 5.92 Å². The fourth-order valence-corrected chi connectivity index (χ4v) is 3.90. The van der Waals surface area contributed by atoms with E-state index in [2.05, 4.69) is 4.90 Å². The number of fused-ring (bicyclic) bond motifs is 3. The van der Waals surface area contributed by atoms with Crippen molar-refractivity contribution in [1.29, 1.82) is 0 Å². The van der Waals surface area contributed by atoms with E-state index in [9.17, 15) is 4.79 Å². The van der Waals surface area contributed by atoms with E-state index < -0.39 is 0 Å². The van der Waals surface area contributed by atoms with E-state index in [1.54, 1.807) is 6.08 Å². The van der Waals surface area contributed by atoms with E-state index in [1.807, 2.05) is 60.7 Å². The van der Waals surface area contributed by atoms with Gasteiger partial charge in [-0.05, 0) is 49.1 Å². The van der Waals surface area contributed by atoms with Gasteiger partial charge >= 0.3 is 0 Å². The Labute approximate surface area is 167 Å². The lowest BCUT2D eigenvalue weighted by Gasteiger charge is -2.44. The Kier molecular flexibility index (Phi) is 6.84. The fourth-order valence-electron chi connectivity index (χ4n) is 3.90. The summed E-state index contributed by atoms with van der Waals surface area (Å²) in [4.78, 5) is 14.8. The van der Waals surface area contributed by atoms with Crippen molar-refractivity contribution in [3.05, 3.63) is 77.4 Å². The van der Waals surface area contributed by atoms with Gasteiger partial charge in [0, 0.05) is 12.1 Å². The predicted molar refractivity (Wildman–Crippen MR) is 111 cm³/mol. The number of carbonyl (C=O) groups is 1. The van der Waals surface area contributed by atoms with Crippen LogP contribution in [0.1, 0.15) is 34.3 Å². The molecule has 142 valence electrons. The number of ether oxygens (including phenoxy) is 1. The van der Waals surface area contributed by atoms with Crippen LogP contribution in [0, 0.1) is 5.92 Å². The average molecular weight is 384 g/mol.